The average Bonchev–Trinajstić information content (AvgIpc) is 2.71. The molecule has 0 amide bonds. The molecule has 94 valence electrons. The molecule has 2 rings (SSSR count). The first-order chi connectivity index (χ1) is 8.52. The van der Waals surface area contributed by atoms with E-state index in [0.29, 0.717) is 10.6 Å². The van der Waals surface area contributed by atoms with E-state index in [2.05, 4.69) is 4.98 Å². The number of ether oxygens (including phenoxy) is 1. The summed E-state index contributed by atoms with van der Waals surface area (Å²) in [5.74, 6) is -1.49. The summed E-state index contributed by atoms with van der Waals surface area (Å²) in [6, 6.07) is 4.26. The number of hydrogen-bond acceptors (Lipinski definition) is 4. The Labute approximate surface area is 107 Å². The van der Waals surface area contributed by atoms with E-state index in [1.807, 2.05) is 0 Å². The molecule has 0 aliphatic rings. The topological polar surface area (TPSA) is 59.4 Å². The van der Waals surface area contributed by atoms with Crippen molar-refractivity contribution >= 4 is 17.3 Å². The summed E-state index contributed by atoms with van der Waals surface area (Å²) >= 11 is 1.07. The second-order valence-corrected chi connectivity index (χ2v) is 4.77. The Balaban J connectivity index is 2.55. The van der Waals surface area contributed by atoms with Gasteiger partial charge in [0.25, 0.3) is 0 Å². The highest BCUT2D eigenvalue weighted by molar-refractivity contribution is 7.14. The summed E-state index contributed by atoms with van der Waals surface area (Å²) in [5.41, 5.74) is 0.710. The second kappa shape index (κ2) is 4.73. The lowest BCUT2D eigenvalue weighted by atomic mass is 10.1. The largest absolute Gasteiger partial charge is 0.494 e. The Hall–Kier alpha value is -1.95. The molecule has 0 bridgehead atoms. The summed E-state index contributed by atoms with van der Waals surface area (Å²) in [6.07, 6.45) is 0. The van der Waals surface area contributed by atoms with E-state index in [1.54, 1.807) is 13.0 Å². The van der Waals surface area contributed by atoms with Crippen LogP contribution in [0.4, 0.5) is 4.39 Å². The van der Waals surface area contributed by atoms with E-state index in [1.165, 1.54) is 19.2 Å². The lowest BCUT2D eigenvalue weighted by Gasteiger charge is -2.04. The highest BCUT2D eigenvalue weighted by Gasteiger charge is 2.18. The van der Waals surface area contributed by atoms with E-state index in [4.69, 9.17) is 9.84 Å². The molecule has 0 fully saturated rings. The Kier molecular flexibility index (Phi) is 3.29. The second-order valence-electron chi connectivity index (χ2n) is 3.57. The number of benzene rings is 1. The Morgan fingerprint density at radius 2 is 2.22 bits per heavy atom. The highest BCUT2D eigenvalue weighted by atomic mass is 32.1. The van der Waals surface area contributed by atoms with Gasteiger partial charge in [-0.25, -0.2) is 14.2 Å². The molecular weight excluding hydrogens is 257 g/mol. The number of carboxylic acid groups (broad SMARTS) is 1. The predicted molar refractivity (Wildman–Crippen MR) is 65.8 cm³/mol. The van der Waals surface area contributed by atoms with Crippen molar-refractivity contribution in [2.45, 2.75) is 6.92 Å². The van der Waals surface area contributed by atoms with E-state index in [9.17, 15) is 9.18 Å². The highest BCUT2D eigenvalue weighted by Crippen LogP contribution is 2.30. The fourth-order valence-corrected chi connectivity index (χ4v) is 2.36. The molecule has 18 heavy (non-hydrogen) atoms. The summed E-state index contributed by atoms with van der Waals surface area (Å²) in [4.78, 5) is 15.3. The zero-order valence-electron chi connectivity index (χ0n) is 9.73. The van der Waals surface area contributed by atoms with Gasteiger partial charge in [0.05, 0.1) is 17.8 Å². The molecule has 0 unspecified atom stereocenters. The molecule has 2 aromatic rings. The Bertz CT molecular complexity index is 609. The number of nitrogens with zero attached hydrogens (tertiary/aromatic N) is 1. The predicted octanol–water partition coefficient (Wildman–Crippen LogP) is 2.96. The number of aromatic nitrogens is 1. The quantitative estimate of drug-likeness (QED) is 0.928. The monoisotopic (exact) mass is 267 g/mol. The summed E-state index contributed by atoms with van der Waals surface area (Å²) < 4.78 is 18.4. The summed E-state index contributed by atoms with van der Waals surface area (Å²) in [5, 5.41) is 9.69. The van der Waals surface area contributed by atoms with Gasteiger partial charge >= 0.3 is 5.97 Å². The van der Waals surface area contributed by atoms with Crippen molar-refractivity contribution < 1.29 is 19.0 Å². The molecule has 1 aromatic heterocycles. The maximum absolute atomic E-state index is 13.6. The van der Waals surface area contributed by atoms with Crippen LogP contribution in [0.3, 0.4) is 0 Å². The zero-order chi connectivity index (χ0) is 13.3. The third kappa shape index (κ3) is 2.19. The number of aromatic carboxylic acids is 1. The van der Waals surface area contributed by atoms with E-state index in [0.717, 1.165) is 11.3 Å². The minimum atomic E-state index is -1.06. The third-order valence-corrected chi connectivity index (χ3v) is 3.31. The number of hydrogen-bond donors (Lipinski definition) is 1. The third-order valence-electron chi connectivity index (χ3n) is 2.35. The van der Waals surface area contributed by atoms with Crippen molar-refractivity contribution in [2.24, 2.45) is 0 Å². The molecule has 1 heterocycles. The smallest absolute Gasteiger partial charge is 0.348 e. The standard InChI is InChI=1S/C12H10FNO3S/c1-6-14-10(11(18-6)12(15)16)7-3-4-9(17-2)8(13)5-7/h3-5H,1-2H3,(H,15,16). The first-order valence-electron chi connectivity index (χ1n) is 5.07. The molecule has 1 aromatic carbocycles. The number of rotatable bonds is 3. The molecule has 0 saturated heterocycles. The first-order valence-corrected chi connectivity index (χ1v) is 5.89. The molecule has 0 atom stereocenters. The van der Waals surface area contributed by atoms with Crippen molar-refractivity contribution in [3.05, 3.63) is 33.9 Å². The van der Waals surface area contributed by atoms with Gasteiger partial charge in [-0.1, -0.05) is 0 Å². The van der Waals surface area contributed by atoms with Crippen molar-refractivity contribution in [3.8, 4) is 17.0 Å². The average molecular weight is 267 g/mol. The number of carboxylic acids is 1. The van der Waals surface area contributed by atoms with E-state index >= 15 is 0 Å². The van der Waals surface area contributed by atoms with Crippen LogP contribution in [0.5, 0.6) is 5.75 Å². The fraction of sp³-hybridized carbons (Fsp3) is 0.167. The van der Waals surface area contributed by atoms with Gasteiger partial charge in [-0.2, -0.15) is 0 Å². The van der Waals surface area contributed by atoms with Gasteiger partial charge in [-0.15, -0.1) is 11.3 Å². The van der Waals surface area contributed by atoms with Crippen LogP contribution < -0.4 is 4.74 Å². The van der Waals surface area contributed by atoms with Crippen molar-refractivity contribution in [1.29, 1.82) is 0 Å². The van der Waals surface area contributed by atoms with Crippen LogP contribution in [0.25, 0.3) is 11.3 Å². The van der Waals surface area contributed by atoms with Crippen LogP contribution in [0, 0.1) is 12.7 Å². The van der Waals surface area contributed by atoms with Crippen molar-refractivity contribution in [2.75, 3.05) is 7.11 Å². The molecule has 6 heteroatoms. The normalized spacial score (nSPS) is 10.4. The zero-order valence-corrected chi connectivity index (χ0v) is 10.5. The first kappa shape index (κ1) is 12.5. The lowest BCUT2D eigenvalue weighted by molar-refractivity contribution is 0.0702. The van der Waals surface area contributed by atoms with Crippen molar-refractivity contribution in [1.82, 2.24) is 4.98 Å². The minimum absolute atomic E-state index is 0.108. The Morgan fingerprint density at radius 1 is 1.50 bits per heavy atom. The van der Waals surface area contributed by atoms with Gasteiger partial charge < -0.3 is 9.84 Å². The van der Waals surface area contributed by atoms with Crippen LogP contribution in [-0.2, 0) is 0 Å². The molecule has 0 spiro atoms. The molecule has 0 aliphatic heterocycles. The number of carbonyl (C=O) groups is 1. The van der Waals surface area contributed by atoms with Gasteiger partial charge in [0.2, 0.25) is 0 Å². The molecule has 0 saturated carbocycles. The molecular formula is C12H10FNO3S. The van der Waals surface area contributed by atoms with Gasteiger partial charge in [0.1, 0.15) is 4.88 Å². The molecule has 0 radical (unpaired) electrons. The Morgan fingerprint density at radius 3 is 2.78 bits per heavy atom. The van der Waals surface area contributed by atoms with E-state index in [-0.39, 0.29) is 16.3 Å². The van der Waals surface area contributed by atoms with Crippen LogP contribution in [-0.4, -0.2) is 23.2 Å². The van der Waals surface area contributed by atoms with Gasteiger partial charge in [0, 0.05) is 5.56 Å². The van der Waals surface area contributed by atoms with Crippen LogP contribution in [0.2, 0.25) is 0 Å². The summed E-state index contributed by atoms with van der Waals surface area (Å²) in [6.45, 7) is 1.71. The van der Waals surface area contributed by atoms with Crippen LogP contribution >= 0.6 is 11.3 Å². The minimum Gasteiger partial charge on any atom is -0.494 e. The SMILES string of the molecule is COc1ccc(-c2nc(C)sc2C(=O)O)cc1F. The maximum atomic E-state index is 13.6. The fourth-order valence-electron chi connectivity index (χ4n) is 1.58. The van der Waals surface area contributed by atoms with Crippen LogP contribution in [0.15, 0.2) is 18.2 Å². The molecule has 0 aliphatic carbocycles. The number of halogens is 1. The van der Waals surface area contributed by atoms with Crippen molar-refractivity contribution in [3.63, 3.8) is 0 Å². The van der Waals surface area contributed by atoms with Gasteiger partial charge in [-0.05, 0) is 25.1 Å². The lowest BCUT2D eigenvalue weighted by Crippen LogP contribution is -1.96. The number of thiazole rings is 1. The molecule has 4 nitrogen and oxygen atoms in total. The van der Waals surface area contributed by atoms with E-state index < -0.39 is 11.8 Å². The number of aryl methyl sites for hydroxylation is 1. The maximum Gasteiger partial charge on any atom is 0.348 e. The van der Waals surface area contributed by atoms with Gasteiger partial charge in [-0.3, -0.25) is 0 Å². The van der Waals surface area contributed by atoms with Gasteiger partial charge in [0.15, 0.2) is 11.6 Å². The summed E-state index contributed by atoms with van der Waals surface area (Å²) in [7, 11) is 1.37. The van der Waals surface area contributed by atoms with Crippen LogP contribution in [0.1, 0.15) is 14.7 Å². The number of methoxy groups -OCH3 is 1. The molecule has 1 N–H and O–H groups in total.